The second-order valence-electron chi connectivity index (χ2n) is 3.67. The molecule has 1 saturated heterocycles. The van der Waals surface area contributed by atoms with Gasteiger partial charge in [-0.25, -0.2) is 0 Å². The molecule has 1 aliphatic rings. The number of carbonyl (C=O) groups is 1. The lowest BCUT2D eigenvalue weighted by molar-refractivity contribution is -0.118. The molecule has 3 heteroatoms. The Balaban J connectivity index is 2.22. The third-order valence-corrected chi connectivity index (χ3v) is 2.72. The maximum Gasteiger partial charge on any atom is 0.152 e. The van der Waals surface area contributed by atoms with Gasteiger partial charge in [0.2, 0.25) is 0 Å². The van der Waals surface area contributed by atoms with E-state index in [-0.39, 0.29) is 11.8 Å². The largest absolute Gasteiger partial charge is 0.361 e. The Morgan fingerprint density at radius 1 is 1.50 bits per heavy atom. The van der Waals surface area contributed by atoms with Crippen LogP contribution in [0.4, 0.5) is 5.69 Å². The molecule has 0 aliphatic carbocycles. The highest BCUT2D eigenvalue weighted by molar-refractivity contribution is 5.85. The van der Waals surface area contributed by atoms with Crippen LogP contribution in [0.2, 0.25) is 0 Å². The van der Waals surface area contributed by atoms with E-state index in [1.165, 1.54) is 0 Å². The Labute approximate surface area is 83.8 Å². The molecule has 3 nitrogen and oxygen atoms in total. The monoisotopic (exact) mass is 190 g/mol. The zero-order chi connectivity index (χ0) is 9.97. The first kappa shape index (κ1) is 9.19. The summed E-state index contributed by atoms with van der Waals surface area (Å²) >= 11 is 0. The first-order valence-electron chi connectivity index (χ1n) is 4.96. The molecule has 0 amide bonds. The zero-order valence-corrected chi connectivity index (χ0v) is 8.31. The van der Waals surface area contributed by atoms with Crippen molar-refractivity contribution in [1.82, 2.24) is 4.98 Å². The molecular weight excluding hydrogens is 176 g/mol. The summed E-state index contributed by atoms with van der Waals surface area (Å²) in [5.41, 5.74) is 1.11. The molecule has 74 valence electrons. The topological polar surface area (TPSA) is 33.2 Å². The van der Waals surface area contributed by atoms with E-state index in [4.69, 9.17) is 0 Å². The minimum Gasteiger partial charge on any atom is -0.361 e. The molecule has 0 spiro atoms. The van der Waals surface area contributed by atoms with Gasteiger partial charge in [-0.15, -0.1) is 0 Å². The number of pyridine rings is 1. The summed E-state index contributed by atoms with van der Waals surface area (Å²) in [5.74, 6) is 0.263. The SMILES string of the molecule is CC(=O)[C@@H]1CCCN1c1ccncc1. The Morgan fingerprint density at radius 2 is 2.21 bits per heavy atom. The minimum absolute atomic E-state index is 0.0809. The van der Waals surface area contributed by atoms with Crippen molar-refractivity contribution in [2.45, 2.75) is 25.8 Å². The molecule has 0 unspecified atom stereocenters. The third kappa shape index (κ3) is 1.62. The van der Waals surface area contributed by atoms with Crippen molar-refractivity contribution in [3.8, 4) is 0 Å². The number of hydrogen-bond donors (Lipinski definition) is 0. The summed E-state index contributed by atoms with van der Waals surface area (Å²) in [4.78, 5) is 17.5. The lowest BCUT2D eigenvalue weighted by Gasteiger charge is -2.24. The minimum atomic E-state index is 0.0809. The predicted octanol–water partition coefficient (Wildman–Crippen LogP) is 1.64. The summed E-state index contributed by atoms with van der Waals surface area (Å²) < 4.78 is 0. The van der Waals surface area contributed by atoms with E-state index in [2.05, 4.69) is 9.88 Å². The van der Waals surface area contributed by atoms with Gasteiger partial charge in [0.25, 0.3) is 0 Å². The molecule has 2 heterocycles. The van der Waals surface area contributed by atoms with Gasteiger partial charge in [-0.05, 0) is 31.9 Å². The van der Waals surface area contributed by atoms with Crippen molar-refractivity contribution < 1.29 is 4.79 Å². The van der Waals surface area contributed by atoms with Crippen LogP contribution < -0.4 is 4.90 Å². The van der Waals surface area contributed by atoms with Gasteiger partial charge < -0.3 is 4.90 Å². The first-order chi connectivity index (χ1) is 6.79. The van der Waals surface area contributed by atoms with Gasteiger partial charge in [-0.2, -0.15) is 0 Å². The van der Waals surface area contributed by atoms with E-state index < -0.39 is 0 Å². The molecule has 0 radical (unpaired) electrons. The fraction of sp³-hybridized carbons (Fsp3) is 0.455. The number of nitrogens with zero attached hydrogens (tertiary/aromatic N) is 2. The number of rotatable bonds is 2. The second-order valence-corrected chi connectivity index (χ2v) is 3.67. The highest BCUT2D eigenvalue weighted by Crippen LogP contribution is 2.24. The van der Waals surface area contributed by atoms with Crippen LogP contribution in [0.5, 0.6) is 0 Å². The molecule has 1 aromatic heterocycles. The smallest absolute Gasteiger partial charge is 0.152 e. The second kappa shape index (κ2) is 3.78. The van der Waals surface area contributed by atoms with Gasteiger partial charge in [-0.1, -0.05) is 0 Å². The van der Waals surface area contributed by atoms with E-state index >= 15 is 0 Å². The van der Waals surface area contributed by atoms with Crippen molar-refractivity contribution in [3.63, 3.8) is 0 Å². The highest BCUT2D eigenvalue weighted by atomic mass is 16.1. The Bertz CT molecular complexity index is 323. The number of ketones is 1. The molecule has 1 atom stereocenters. The summed E-state index contributed by atoms with van der Waals surface area (Å²) in [6, 6.07) is 4.00. The van der Waals surface area contributed by atoms with Crippen LogP contribution in [0.15, 0.2) is 24.5 Å². The molecule has 1 aliphatic heterocycles. The number of aromatic nitrogens is 1. The van der Waals surface area contributed by atoms with Crippen LogP contribution in [0.25, 0.3) is 0 Å². The summed E-state index contributed by atoms with van der Waals surface area (Å²) in [6.45, 7) is 2.65. The van der Waals surface area contributed by atoms with Crippen molar-refractivity contribution in [2.75, 3.05) is 11.4 Å². The van der Waals surface area contributed by atoms with Crippen molar-refractivity contribution in [3.05, 3.63) is 24.5 Å². The molecule has 14 heavy (non-hydrogen) atoms. The van der Waals surface area contributed by atoms with Crippen LogP contribution in [-0.2, 0) is 4.79 Å². The lowest BCUT2D eigenvalue weighted by atomic mass is 10.1. The first-order valence-corrected chi connectivity index (χ1v) is 4.96. The molecular formula is C11H14N2O. The van der Waals surface area contributed by atoms with Crippen LogP contribution >= 0.6 is 0 Å². The predicted molar refractivity (Wildman–Crippen MR) is 55.3 cm³/mol. The number of Topliss-reactive ketones (excluding diaryl/α,β-unsaturated/α-hetero) is 1. The van der Waals surface area contributed by atoms with Gasteiger partial charge >= 0.3 is 0 Å². The van der Waals surface area contributed by atoms with Crippen molar-refractivity contribution >= 4 is 11.5 Å². The van der Waals surface area contributed by atoms with Gasteiger partial charge in [0.15, 0.2) is 5.78 Å². The number of anilines is 1. The van der Waals surface area contributed by atoms with Gasteiger partial charge in [0.1, 0.15) is 0 Å². The molecule has 0 bridgehead atoms. The van der Waals surface area contributed by atoms with Gasteiger partial charge in [0.05, 0.1) is 6.04 Å². The van der Waals surface area contributed by atoms with E-state index in [1.54, 1.807) is 19.3 Å². The number of hydrogen-bond acceptors (Lipinski definition) is 3. The van der Waals surface area contributed by atoms with Crippen LogP contribution in [0.3, 0.4) is 0 Å². The van der Waals surface area contributed by atoms with Crippen LogP contribution in [0.1, 0.15) is 19.8 Å². The summed E-state index contributed by atoms with van der Waals surface area (Å²) in [7, 11) is 0. The average molecular weight is 190 g/mol. The molecule has 0 saturated carbocycles. The van der Waals surface area contributed by atoms with Crippen molar-refractivity contribution in [2.24, 2.45) is 0 Å². The maximum atomic E-state index is 11.4. The molecule has 1 fully saturated rings. The summed E-state index contributed by atoms with van der Waals surface area (Å²) in [5, 5.41) is 0. The Kier molecular flexibility index (Phi) is 2.48. The van der Waals surface area contributed by atoms with Crippen molar-refractivity contribution in [1.29, 1.82) is 0 Å². The fourth-order valence-corrected chi connectivity index (χ4v) is 2.03. The molecule has 0 aromatic carbocycles. The highest BCUT2D eigenvalue weighted by Gasteiger charge is 2.27. The third-order valence-electron chi connectivity index (χ3n) is 2.72. The van der Waals surface area contributed by atoms with Gasteiger partial charge in [0, 0.05) is 24.6 Å². The standard InChI is InChI=1S/C11H14N2O/c1-9(14)11-3-2-8-13(11)10-4-6-12-7-5-10/h4-7,11H,2-3,8H2,1H3/t11-/m0/s1. The van der Waals surface area contributed by atoms with E-state index in [9.17, 15) is 4.79 Å². The zero-order valence-electron chi connectivity index (χ0n) is 8.31. The Morgan fingerprint density at radius 3 is 2.86 bits per heavy atom. The van der Waals surface area contributed by atoms with E-state index in [1.807, 2.05) is 12.1 Å². The quantitative estimate of drug-likeness (QED) is 0.710. The Hall–Kier alpha value is -1.38. The maximum absolute atomic E-state index is 11.4. The van der Waals surface area contributed by atoms with Crippen LogP contribution in [-0.4, -0.2) is 23.4 Å². The van der Waals surface area contributed by atoms with E-state index in [0.717, 1.165) is 25.1 Å². The normalized spacial score (nSPS) is 21.2. The van der Waals surface area contributed by atoms with E-state index in [0.29, 0.717) is 0 Å². The fourth-order valence-electron chi connectivity index (χ4n) is 2.03. The summed E-state index contributed by atoms with van der Waals surface area (Å²) in [6.07, 6.45) is 5.62. The van der Waals surface area contributed by atoms with Gasteiger partial charge in [-0.3, -0.25) is 9.78 Å². The number of carbonyl (C=O) groups excluding carboxylic acids is 1. The van der Waals surface area contributed by atoms with Crippen LogP contribution in [0, 0.1) is 0 Å². The molecule has 0 N–H and O–H groups in total. The molecule has 2 rings (SSSR count). The molecule has 1 aromatic rings. The average Bonchev–Trinajstić information content (AvgIpc) is 2.67. The lowest BCUT2D eigenvalue weighted by Crippen LogP contribution is -2.34.